The number of ether oxygens (including phenoxy) is 2. The van der Waals surface area contributed by atoms with Crippen molar-refractivity contribution in [2.45, 2.75) is 13.2 Å². The Labute approximate surface area is 121 Å². The smallest absolute Gasteiger partial charge is 0.133 e. The van der Waals surface area contributed by atoms with E-state index in [1.807, 2.05) is 42.5 Å². The minimum Gasteiger partial charge on any atom is -0.496 e. The SMILES string of the molecule is COc1ccc(COCc2ccc(N)cc2)cc1Br. The molecule has 0 fully saturated rings. The maximum atomic E-state index is 5.67. The lowest BCUT2D eigenvalue weighted by atomic mass is 10.2. The largest absolute Gasteiger partial charge is 0.496 e. The van der Waals surface area contributed by atoms with Gasteiger partial charge in [0, 0.05) is 5.69 Å². The molecule has 0 aliphatic rings. The highest BCUT2D eigenvalue weighted by Gasteiger charge is 2.01. The van der Waals surface area contributed by atoms with Gasteiger partial charge in [0.2, 0.25) is 0 Å². The molecule has 0 saturated carbocycles. The Kier molecular flexibility index (Phi) is 4.82. The van der Waals surface area contributed by atoms with Gasteiger partial charge in [-0.1, -0.05) is 18.2 Å². The summed E-state index contributed by atoms with van der Waals surface area (Å²) in [7, 11) is 1.65. The predicted octanol–water partition coefficient (Wildman–Crippen LogP) is 3.76. The molecule has 0 bridgehead atoms. The highest BCUT2D eigenvalue weighted by molar-refractivity contribution is 9.10. The second kappa shape index (κ2) is 6.59. The Bertz CT molecular complexity index is 540. The highest BCUT2D eigenvalue weighted by atomic mass is 79.9. The molecular formula is C15H16BrNO2. The van der Waals surface area contributed by atoms with E-state index < -0.39 is 0 Å². The topological polar surface area (TPSA) is 44.5 Å². The summed E-state index contributed by atoms with van der Waals surface area (Å²) in [6.07, 6.45) is 0. The molecule has 2 aromatic carbocycles. The molecule has 0 unspecified atom stereocenters. The molecule has 0 atom stereocenters. The van der Waals surface area contributed by atoms with Crippen LogP contribution in [-0.4, -0.2) is 7.11 Å². The summed E-state index contributed by atoms with van der Waals surface area (Å²) in [5, 5.41) is 0. The zero-order valence-electron chi connectivity index (χ0n) is 10.7. The molecule has 2 aromatic rings. The first-order chi connectivity index (χ1) is 9.19. The first-order valence-corrected chi connectivity index (χ1v) is 6.73. The van der Waals surface area contributed by atoms with Gasteiger partial charge >= 0.3 is 0 Å². The molecular weight excluding hydrogens is 306 g/mol. The second-order valence-electron chi connectivity index (χ2n) is 4.20. The van der Waals surface area contributed by atoms with E-state index in [1.165, 1.54) is 0 Å². The average Bonchev–Trinajstić information content (AvgIpc) is 2.41. The van der Waals surface area contributed by atoms with Crippen LogP contribution in [0.2, 0.25) is 0 Å². The molecule has 100 valence electrons. The molecule has 2 N–H and O–H groups in total. The van der Waals surface area contributed by atoms with Crippen LogP contribution in [-0.2, 0) is 18.0 Å². The van der Waals surface area contributed by atoms with Crippen LogP contribution in [0.4, 0.5) is 5.69 Å². The number of hydrogen-bond acceptors (Lipinski definition) is 3. The first kappa shape index (κ1) is 13.9. The number of rotatable bonds is 5. The third kappa shape index (κ3) is 3.98. The summed E-state index contributed by atoms with van der Waals surface area (Å²) < 4.78 is 11.8. The van der Waals surface area contributed by atoms with Gasteiger partial charge in [-0.3, -0.25) is 0 Å². The highest BCUT2D eigenvalue weighted by Crippen LogP contribution is 2.25. The van der Waals surface area contributed by atoms with Gasteiger partial charge in [-0.15, -0.1) is 0 Å². The van der Waals surface area contributed by atoms with Crippen molar-refractivity contribution in [2.75, 3.05) is 12.8 Å². The van der Waals surface area contributed by atoms with Crippen LogP contribution < -0.4 is 10.5 Å². The van der Waals surface area contributed by atoms with Crippen LogP contribution in [0, 0.1) is 0 Å². The second-order valence-corrected chi connectivity index (χ2v) is 5.06. The fourth-order valence-corrected chi connectivity index (χ4v) is 2.29. The predicted molar refractivity (Wildman–Crippen MR) is 80.0 cm³/mol. The zero-order valence-corrected chi connectivity index (χ0v) is 12.3. The molecule has 0 heterocycles. The minimum atomic E-state index is 0.562. The molecule has 0 aliphatic carbocycles. The van der Waals surface area contributed by atoms with Gasteiger partial charge < -0.3 is 15.2 Å². The van der Waals surface area contributed by atoms with Crippen LogP contribution in [0.3, 0.4) is 0 Å². The average molecular weight is 322 g/mol. The van der Waals surface area contributed by atoms with E-state index >= 15 is 0 Å². The Hall–Kier alpha value is -1.52. The Balaban J connectivity index is 1.88. The maximum absolute atomic E-state index is 5.67. The van der Waals surface area contributed by atoms with Gasteiger partial charge in [0.15, 0.2) is 0 Å². The van der Waals surface area contributed by atoms with Crippen LogP contribution >= 0.6 is 15.9 Å². The summed E-state index contributed by atoms with van der Waals surface area (Å²) in [6.45, 7) is 1.14. The maximum Gasteiger partial charge on any atom is 0.133 e. The quantitative estimate of drug-likeness (QED) is 0.853. The minimum absolute atomic E-state index is 0.562. The normalized spacial score (nSPS) is 10.4. The molecule has 3 nitrogen and oxygen atoms in total. The first-order valence-electron chi connectivity index (χ1n) is 5.93. The van der Waals surface area contributed by atoms with Crippen LogP contribution in [0.1, 0.15) is 11.1 Å². The summed E-state index contributed by atoms with van der Waals surface area (Å²) in [5.41, 5.74) is 8.61. The van der Waals surface area contributed by atoms with Crippen molar-refractivity contribution < 1.29 is 9.47 Å². The molecule has 4 heteroatoms. The van der Waals surface area contributed by atoms with E-state index in [-0.39, 0.29) is 0 Å². The van der Waals surface area contributed by atoms with Gasteiger partial charge in [0.1, 0.15) is 5.75 Å². The van der Waals surface area contributed by atoms with Gasteiger partial charge in [-0.2, -0.15) is 0 Å². The molecule has 19 heavy (non-hydrogen) atoms. The van der Waals surface area contributed by atoms with E-state index in [9.17, 15) is 0 Å². The van der Waals surface area contributed by atoms with E-state index in [4.69, 9.17) is 15.2 Å². The van der Waals surface area contributed by atoms with E-state index in [0.29, 0.717) is 13.2 Å². The monoisotopic (exact) mass is 321 g/mol. The zero-order chi connectivity index (χ0) is 13.7. The Morgan fingerprint density at radius 3 is 2.26 bits per heavy atom. The van der Waals surface area contributed by atoms with E-state index in [1.54, 1.807) is 7.11 Å². The molecule has 0 amide bonds. The standard InChI is InChI=1S/C15H16BrNO2/c1-18-15-7-4-12(8-14(15)16)10-19-9-11-2-5-13(17)6-3-11/h2-8H,9-10,17H2,1H3. The number of methoxy groups -OCH3 is 1. The van der Waals surface area contributed by atoms with Crippen LogP contribution in [0.25, 0.3) is 0 Å². The fraction of sp³-hybridized carbons (Fsp3) is 0.200. The molecule has 0 saturated heterocycles. The van der Waals surface area contributed by atoms with Gasteiger partial charge in [-0.25, -0.2) is 0 Å². The molecule has 0 aliphatic heterocycles. The Morgan fingerprint density at radius 1 is 1.00 bits per heavy atom. The van der Waals surface area contributed by atoms with E-state index in [0.717, 1.165) is 27.0 Å². The summed E-state index contributed by atoms with van der Waals surface area (Å²) in [6, 6.07) is 13.6. The van der Waals surface area contributed by atoms with Gasteiger partial charge in [0.05, 0.1) is 24.8 Å². The number of benzene rings is 2. The van der Waals surface area contributed by atoms with Crippen LogP contribution in [0.5, 0.6) is 5.75 Å². The lowest BCUT2D eigenvalue weighted by Crippen LogP contribution is -1.95. The summed E-state index contributed by atoms with van der Waals surface area (Å²) in [5.74, 6) is 0.822. The van der Waals surface area contributed by atoms with Crippen molar-refractivity contribution in [1.29, 1.82) is 0 Å². The van der Waals surface area contributed by atoms with Crippen molar-refractivity contribution in [1.82, 2.24) is 0 Å². The molecule has 0 aromatic heterocycles. The number of nitrogens with two attached hydrogens (primary N) is 1. The van der Waals surface area contributed by atoms with Gasteiger partial charge in [-0.05, 0) is 51.3 Å². The van der Waals surface area contributed by atoms with Crippen molar-refractivity contribution >= 4 is 21.6 Å². The van der Waals surface area contributed by atoms with Gasteiger partial charge in [0.25, 0.3) is 0 Å². The van der Waals surface area contributed by atoms with Crippen molar-refractivity contribution in [3.05, 3.63) is 58.1 Å². The third-order valence-corrected chi connectivity index (χ3v) is 3.35. The lowest BCUT2D eigenvalue weighted by Gasteiger charge is -2.08. The van der Waals surface area contributed by atoms with Crippen molar-refractivity contribution in [3.63, 3.8) is 0 Å². The van der Waals surface area contributed by atoms with Crippen LogP contribution in [0.15, 0.2) is 46.9 Å². The third-order valence-electron chi connectivity index (χ3n) is 2.73. The Morgan fingerprint density at radius 2 is 1.63 bits per heavy atom. The summed E-state index contributed by atoms with van der Waals surface area (Å²) in [4.78, 5) is 0. The molecule has 2 rings (SSSR count). The number of halogens is 1. The van der Waals surface area contributed by atoms with Crippen molar-refractivity contribution in [3.8, 4) is 5.75 Å². The number of hydrogen-bond donors (Lipinski definition) is 1. The molecule has 0 spiro atoms. The lowest BCUT2D eigenvalue weighted by molar-refractivity contribution is 0.107. The van der Waals surface area contributed by atoms with E-state index in [2.05, 4.69) is 15.9 Å². The summed E-state index contributed by atoms with van der Waals surface area (Å²) >= 11 is 3.46. The number of nitrogen functional groups attached to an aromatic ring is 1. The van der Waals surface area contributed by atoms with Crippen molar-refractivity contribution in [2.24, 2.45) is 0 Å². The number of anilines is 1. The fourth-order valence-electron chi connectivity index (χ4n) is 1.70. The molecule has 0 radical (unpaired) electrons.